The second-order valence-corrected chi connectivity index (χ2v) is 6.11. The van der Waals surface area contributed by atoms with Crippen molar-refractivity contribution in [3.8, 4) is 0 Å². The Labute approximate surface area is 125 Å². The average molecular weight is 285 g/mol. The van der Waals surface area contributed by atoms with E-state index in [1.807, 2.05) is 33.9 Å². The van der Waals surface area contributed by atoms with Crippen LogP contribution in [0.3, 0.4) is 0 Å². The lowest BCUT2D eigenvalue weighted by Gasteiger charge is -2.14. The maximum absolute atomic E-state index is 12.7. The molecule has 0 aliphatic heterocycles. The Morgan fingerprint density at radius 1 is 1.24 bits per heavy atom. The summed E-state index contributed by atoms with van der Waals surface area (Å²) in [6, 6.07) is 2.00. The van der Waals surface area contributed by atoms with Gasteiger partial charge < -0.3 is 9.13 Å². The van der Waals surface area contributed by atoms with E-state index in [-0.39, 0.29) is 5.78 Å². The molecule has 4 nitrogen and oxygen atoms in total. The van der Waals surface area contributed by atoms with Gasteiger partial charge in [0.2, 0.25) is 0 Å². The summed E-state index contributed by atoms with van der Waals surface area (Å²) in [5.41, 5.74) is 5.49. The monoisotopic (exact) mass is 285 g/mol. The van der Waals surface area contributed by atoms with Crippen LogP contribution in [0.5, 0.6) is 0 Å². The van der Waals surface area contributed by atoms with Crippen LogP contribution in [0.4, 0.5) is 0 Å². The number of aromatic nitrogens is 3. The molecule has 112 valence electrons. The van der Waals surface area contributed by atoms with Crippen LogP contribution in [0.2, 0.25) is 0 Å². The fourth-order valence-corrected chi connectivity index (χ4v) is 3.31. The number of carbonyl (C=O) groups is 1. The van der Waals surface area contributed by atoms with Crippen LogP contribution < -0.4 is 0 Å². The summed E-state index contributed by atoms with van der Waals surface area (Å²) in [6.07, 6.45) is 4.53. The van der Waals surface area contributed by atoms with Crippen molar-refractivity contribution in [2.24, 2.45) is 7.05 Å². The van der Waals surface area contributed by atoms with Gasteiger partial charge in [-0.2, -0.15) is 0 Å². The number of rotatable bonds is 3. The van der Waals surface area contributed by atoms with E-state index in [0.717, 1.165) is 35.6 Å². The van der Waals surface area contributed by atoms with Crippen molar-refractivity contribution in [3.05, 3.63) is 40.2 Å². The van der Waals surface area contributed by atoms with Crippen molar-refractivity contribution in [2.75, 3.05) is 0 Å². The van der Waals surface area contributed by atoms with Gasteiger partial charge in [0.05, 0.1) is 12.2 Å². The maximum Gasteiger partial charge on any atom is 0.184 e. The SMILES string of the molecule is Cc1cc(C(=O)Cn2c(C)nc3c2CCCC3)c(C)n1C. The fourth-order valence-electron chi connectivity index (χ4n) is 3.31. The minimum atomic E-state index is 0.185. The quantitative estimate of drug-likeness (QED) is 0.813. The van der Waals surface area contributed by atoms with Crippen LogP contribution in [-0.4, -0.2) is 19.9 Å². The number of fused-ring (bicyclic) bond motifs is 1. The summed E-state index contributed by atoms with van der Waals surface area (Å²) in [7, 11) is 2.01. The van der Waals surface area contributed by atoms with Gasteiger partial charge in [-0.05, 0) is 52.5 Å². The Hall–Kier alpha value is -1.84. The predicted octanol–water partition coefficient (Wildman–Crippen LogP) is 2.91. The van der Waals surface area contributed by atoms with Gasteiger partial charge in [0, 0.05) is 29.7 Å². The van der Waals surface area contributed by atoms with Gasteiger partial charge in [-0.3, -0.25) is 4.79 Å². The number of aryl methyl sites for hydroxylation is 3. The molecule has 0 fully saturated rings. The highest BCUT2D eigenvalue weighted by Gasteiger charge is 2.21. The lowest BCUT2D eigenvalue weighted by molar-refractivity contribution is 0.0969. The molecule has 1 aliphatic carbocycles. The molecule has 0 bridgehead atoms. The molecule has 4 heteroatoms. The van der Waals surface area contributed by atoms with Crippen LogP contribution in [-0.2, 0) is 26.4 Å². The van der Waals surface area contributed by atoms with Crippen molar-refractivity contribution >= 4 is 5.78 Å². The molecule has 0 saturated heterocycles. The summed E-state index contributed by atoms with van der Waals surface area (Å²) in [4.78, 5) is 17.3. The molecular weight excluding hydrogens is 262 g/mol. The number of nitrogens with zero attached hydrogens (tertiary/aromatic N) is 3. The zero-order valence-electron chi connectivity index (χ0n) is 13.4. The van der Waals surface area contributed by atoms with Crippen LogP contribution in [0, 0.1) is 20.8 Å². The van der Waals surface area contributed by atoms with Gasteiger partial charge in [-0.25, -0.2) is 4.98 Å². The Kier molecular flexibility index (Phi) is 3.47. The lowest BCUT2D eigenvalue weighted by atomic mass is 10.0. The molecule has 2 aromatic rings. The third-order valence-electron chi connectivity index (χ3n) is 4.80. The molecule has 0 saturated carbocycles. The number of hydrogen-bond acceptors (Lipinski definition) is 2. The number of hydrogen-bond donors (Lipinski definition) is 0. The van der Waals surface area contributed by atoms with Crippen LogP contribution in [0.15, 0.2) is 6.07 Å². The third-order valence-corrected chi connectivity index (χ3v) is 4.80. The Bertz CT molecular complexity index is 706. The van der Waals surface area contributed by atoms with Gasteiger partial charge >= 0.3 is 0 Å². The standard InChI is InChI=1S/C17H23N3O/c1-11-9-14(12(2)19(11)4)17(21)10-20-13(3)18-15-7-5-6-8-16(15)20/h9H,5-8,10H2,1-4H3. The molecule has 2 aromatic heterocycles. The van der Waals surface area contributed by atoms with Gasteiger partial charge in [0.25, 0.3) is 0 Å². The van der Waals surface area contributed by atoms with E-state index >= 15 is 0 Å². The first-order chi connectivity index (χ1) is 9.99. The zero-order valence-corrected chi connectivity index (χ0v) is 13.4. The second-order valence-electron chi connectivity index (χ2n) is 6.11. The summed E-state index contributed by atoms with van der Waals surface area (Å²) in [5, 5.41) is 0. The number of imidazole rings is 1. The zero-order chi connectivity index (χ0) is 15.1. The third kappa shape index (κ3) is 2.33. The summed E-state index contributed by atoms with van der Waals surface area (Å²) < 4.78 is 4.20. The summed E-state index contributed by atoms with van der Waals surface area (Å²) >= 11 is 0. The molecule has 3 rings (SSSR count). The first-order valence-electron chi connectivity index (χ1n) is 7.70. The lowest BCUT2D eigenvalue weighted by Crippen LogP contribution is -2.16. The van der Waals surface area contributed by atoms with Crippen molar-refractivity contribution in [1.29, 1.82) is 0 Å². The van der Waals surface area contributed by atoms with Crippen molar-refractivity contribution in [2.45, 2.75) is 53.0 Å². The highest BCUT2D eigenvalue weighted by Crippen LogP contribution is 2.23. The topological polar surface area (TPSA) is 39.8 Å². The summed E-state index contributed by atoms with van der Waals surface area (Å²) in [6.45, 7) is 6.47. The van der Waals surface area contributed by atoms with Crippen molar-refractivity contribution in [3.63, 3.8) is 0 Å². The van der Waals surface area contributed by atoms with E-state index in [9.17, 15) is 4.79 Å². The van der Waals surface area contributed by atoms with Crippen LogP contribution >= 0.6 is 0 Å². The van der Waals surface area contributed by atoms with Crippen LogP contribution in [0.1, 0.15) is 51.8 Å². The predicted molar refractivity (Wildman–Crippen MR) is 82.8 cm³/mol. The van der Waals surface area contributed by atoms with Gasteiger partial charge in [-0.1, -0.05) is 0 Å². The van der Waals surface area contributed by atoms with Crippen LogP contribution in [0.25, 0.3) is 0 Å². The van der Waals surface area contributed by atoms with Gasteiger partial charge in [-0.15, -0.1) is 0 Å². The number of Topliss-reactive ketones (excluding diaryl/α,β-unsaturated/α-hetero) is 1. The molecule has 0 aromatic carbocycles. The Morgan fingerprint density at radius 2 is 1.95 bits per heavy atom. The smallest absolute Gasteiger partial charge is 0.184 e. The second kappa shape index (κ2) is 5.17. The average Bonchev–Trinajstić information content (AvgIpc) is 2.91. The molecule has 21 heavy (non-hydrogen) atoms. The Morgan fingerprint density at radius 3 is 2.62 bits per heavy atom. The first-order valence-corrected chi connectivity index (χ1v) is 7.70. The molecule has 1 aliphatic rings. The van der Waals surface area contributed by atoms with E-state index in [1.165, 1.54) is 24.2 Å². The van der Waals surface area contributed by atoms with Crippen molar-refractivity contribution in [1.82, 2.24) is 14.1 Å². The summed E-state index contributed by atoms with van der Waals surface area (Å²) in [5.74, 6) is 1.16. The van der Waals surface area contributed by atoms with Gasteiger partial charge in [0.1, 0.15) is 5.82 Å². The molecule has 0 N–H and O–H groups in total. The normalized spacial score (nSPS) is 14.3. The molecule has 0 unspecified atom stereocenters. The molecular formula is C17H23N3O. The largest absolute Gasteiger partial charge is 0.351 e. The van der Waals surface area contributed by atoms with Crippen molar-refractivity contribution < 1.29 is 4.79 Å². The number of carbonyl (C=O) groups excluding carboxylic acids is 1. The maximum atomic E-state index is 12.7. The Balaban J connectivity index is 1.91. The minimum Gasteiger partial charge on any atom is -0.351 e. The van der Waals surface area contributed by atoms with E-state index in [4.69, 9.17) is 0 Å². The molecule has 0 radical (unpaired) electrons. The molecule has 0 spiro atoms. The molecule has 0 amide bonds. The van der Waals surface area contributed by atoms with E-state index < -0.39 is 0 Å². The fraction of sp³-hybridized carbons (Fsp3) is 0.529. The number of ketones is 1. The first kappa shape index (κ1) is 14.1. The highest BCUT2D eigenvalue weighted by atomic mass is 16.1. The van der Waals surface area contributed by atoms with Gasteiger partial charge in [0.15, 0.2) is 5.78 Å². The van der Waals surface area contributed by atoms with E-state index in [2.05, 4.69) is 14.1 Å². The molecule has 2 heterocycles. The van der Waals surface area contributed by atoms with E-state index in [0.29, 0.717) is 6.54 Å². The van der Waals surface area contributed by atoms with E-state index in [1.54, 1.807) is 0 Å². The minimum absolute atomic E-state index is 0.185. The molecule has 0 atom stereocenters. The highest BCUT2D eigenvalue weighted by molar-refractivity contribution is 5.97.